The predicted molar refractivity (Wildman–Crippen MR) is 66.7 cm³/mol. The third-order valence-corrected chi connectivity index (χ3v) is 3.30. The smallest absolute Gasteiger partial charge is 0.165 e. The maximum absolute atomic E-state index is 13.8. The van der Waals surface area contributed by atoms with E-state index in [9.17, 15) is 4.39 Å². The van der Waals surface area contributed by atoms with Crippen LogP contribution in [0.4, 0.5) is 4.39 Å². The van der Waals surface area contributed by atoms with Crippen molar-refractivity contribution in [2.45, 2.75) is 44.6 Å². The van der Waals surface area contributed by atoms with Gasteiger partial charge in [-0.05, 0) is 50.3 Å². The number of nitrogens with two attached hydrogens (primary N) is 1. The van der Waals surface area contributed by atoms with Gasteiger partial charge in [-0.1, -0.05) is 18.6 Å². The Morgan fingerprint density at radius 1 is 1.24 bits per heavy atom. The molecule has 3 heteroatoms. The zero-order chi connectivity index (χ0) is 12.1. The molecule has 1 aromatic carbocycles. The average Bonchev–Trinajstić information content (AvgIpc) is 2.35. The van der Waals surface area contributed by atoms with E-state index in [2.05, 4.69) is 0 Å². The van der Waals surface area contributed by atoms with Gasteiger partial charge in [0.2, 0.25) is 0 Å². The summed E-state index contributed by atoms with van der Waals surface area (Å²) in [6.07, 6.45) is 6.56. The second-order valence-corrected chi connectivity index (χ2v) is 4.64. The first-order valence-electron chi connectivity index (χ1n) is 6.45. The summed E-state index contributed by atoms with van der Waals surface area (Å²) in [5, 5.41) is 0. The number of hydrogen-bond acceptors (Lipinski definition) is 2. The Balaban J connectivity index is 2.12. The van der Waals surface area contributed by atoms with E-state index in [1.807, 2.05) is 6.07 Å². The van der Waals surface area contributed by atoms with Gasteiger partial charge in [-0.25, -0.2) is 4.39 Å². The van der Waals surface area contributed by atoms with Crippen LogP contribution in [-0.2, 0) is 6.42 Å². The summed E-state index contributed by atoms with van der Waals surface area (Å²) in [7, 11) is 0. The predicted octanol–water partition coefficient (Wildman–Crippen LogP) is 3.04. The summed E-state index contributed by atoms with van der Waals surface area (Å²) in [5.74, 6) is 0.159. The lowest BCUT2D eigenvalue weighted by Gasteiger charge is -2.24. The lowest BCUT2D eigenvalue weighted by Crippen LogP contribution is -2.21. The summed E-state index contributed by atoms with van der Waals surface area (Å²) in [5.41, 5.74) is 6.42. The van der Waals surface area contributed by atoms with Crippen molar-refractivity contribution in [2.24, 2.45) is 5.73 Å². The van der Waals surface area contributed by atoms with E-state index in [4.69, 9.17) is 10.5 Å². The van der Waals surface area contributed by atoms with Gasteiger partial charge in [-0.3, -0.25) is 0 Å². The maximum atomic E-state index is 13.8. The highest BCUT2D eigenvalue weighted by molar-refractivity contribution is 5.35. The number of hydrogen-bond donors (Lipinski definition) is 1. The first-order chi connectivity index (χ1) is 8.31. The molecular formula is C14H20FNO. The Labute approximate surface area is 102 Å². The summed E-state index contributed by atoms with van der Waals surface area (Å²) < 4.78 is 19.6. The standard InChI is InChI=1S/C14H20FNO/c15-13-8-4-5-11(9-10-16)14(13)17-12-6-2-1-3-7-12/h4-5,8,12H,1-3,6-7,9-10,16H2. The van der Waals surface area contributed by atoms with Crippen LogP contribution in [0.5, 0.6) is 5.75 Å². The molecule has 0 heterocycles. The van der Waals surface area contributed by atoms with Gasteiger partial charge in [0.05, 0.1) is 6.10 Å². The highest BCUT2D eigenvalue weighted by atomic mass is 19.1. The van der Waals surface area contributed by atoms with Crippen molar-refractivity contribution in [1.29, 1.82) is 0 Å². The van der Waals surface area contributed by atoms with Crippen LogP contribution in [0, 0.1) is 5.82 Å². The first kappa shape index (κ1) is 12.4. The van der Waals surface area contributed by atoms with Crippen LogP contribution >= 0.6 is 0 Å². The van der Waals surface area contributed by atoms with Crippen molar-refractivity contribution in [3.8, 4) is 5.75 Å². The molecule has 0 aromatic heterocycles. The zero-order valence-corrected chi connectivity index (χ0v) is 10.1. The van der Waals surface area contributed by atoms with Gasteiger partial charge in [0.1, 0.15) is 0 Å². The van der Waals surface area contributed by atoms with Crippen LogP contribution in [-0.4, -0.2) is 12.6 Å². The van der Waals surface area contributed by atoms with Crippen molar-refractivity contribution < 1.29 is 9.13 Å². The summed E-state index contributed by atoms with van der Waals surface area (Å²) >= 11 is 0. The van der Waals surface area contributed by atoms with Gasteiger partial charge < -0.3 is 10.5 Å². The van der Waals surface area contributed by atoms with Crippen LogP contribution in [0.3, 0.4) is 0 Å². The number of rotatable bonds is 4. The van der Waals surface area contributed by atoms with Gasteiger partial charge in [-0.15, -0.1) is 0 Å². The lowest BCUT2D eigenvalue weighted by atomic mass is 9.97. The average molecular weight is 237 g/mol. The molecule has 94 valence electrons. The molecule has 1 fully saturated rings. The van der Waals surface area contributed by atoms with E-state index >= 15 is 0 Å². The second-order valence-electron chi connectivity index (χ2n) is 4.64. The highest BCUT2D eigenvalue weighted by Crippen LogP contribution is 2.28. The number of para-hydroxylation sites is 1. The molecule has 0 atom stereocenters. The van der Waals surface area contributed by atoms with Crippen LogP contribution < -0.4 is 10.5 Å². The van der Waals surface area contributed by atoms with Crippen LogP contribution in [0.15, 0.2) is 18.2 Å². The first-order valence-corrected chi connectivity index (χ1v) is 6.45. The molecule has 1 aromatic rings. The van der Waals surface area contributed by atoms with Crippen molar-refractivity contribution >= 4 is 0 Å². The van der Waals surface area contributed by atoms with E-state index in [-0.39, 0.29) is 11.9 Å². The number of benzene rings is 1. The molecule has 1 saturated carbocycles. The minimum absolute atomic E-state index is 0.178. The molecule has 2 nitrogen and oxygen atoms in total. The van der Waals surface area contributed by atoms with Gasteiger partial charge in [-0.2, -0.15) is 0 Å². The normalized spacial score (nSPS) is 17.1. The Bertz CT molecular complexity index is 361. The van der Waals surface area contributed by atoms with Gasteiger partial charge in [0.25, 0.3) is 0 Å². The maximum Gasteiger partial charge on any atom is 0.165 e. The molecule has 0 amide bonds. The fourth-order valence-electron chi connectivity index (χ4n) is 2.39. The third kappa shape index (κ3) is 3.19. The summed E-state index contributed by atoms with van der Waals surface area (Å²) in [6.45, 7) is 0.518. The highest BCUT2D eigenvalue weighted by Gasteiger charge is 2.18. The minimum atomic E-state index is -0.262. The monoisotopic (exact) mass is 237 g/mol. The second kappa shape index (κ2) is 6.01. The molecule has 0 radical (unpaired) electrons. The Morgan fingerprint density at radius 3 is 2.71 bits per heavy atom. The quantitative estimate of drug-likeness (QED) is 0.873. The molecule has 0 bridgehead atoms. The largest absolute Gasteiger partial charge is 0.487 e. The van der Waals surface area contributed by atoms with Crippen molar-refractivity contribution in [3.05, 3.63) is 29.6 Å². The molecule has 0 spiro atoms. The number of halogens is 1. The molecule has 0 saturated heterocycles. The Hall–Kier alpha value is -1.09. The van der Waals surface area contributed by atoms with Crippen molar-refractivity contribution in [1.82, 2.24) is 0 Å². The van der Waals surface area contributed by atoms with Gasteiger partial charge >= 0.3 is 0 Å². The fraction of sp³-hybridized carbons (Fsp3) is 0.571. The molecule has 2 N–H and O–H groups in total. The summed E-state index contributed by atoms with van der Waals surface area (Å²) in [6, 6.07) is 5.07. The molecule has 1 aliphatic rings. The minimum Gasteiger partial charge on any atom is -0.487 e. The zero-order valence-electron chi connectivity index (χ0n) is 10.1. The number of ether oxygens (including phenoxy) is 1. The van der Waals surface area contributed by atoms with Crippen molar-refractivity contribution in [3.63, 3.8) is 0 Å². The van der Waals surface area contributed by atoms with E-state index in [1.54, 1.807) is 6.07 Å². The molecule has 17 heavy (non-hydrogen) atoms. The van der Waals surface area contributed by atoms with Crippen LogP contribution in [0.1, 0.15) is 37.7 Å². The van der Waals surface area contributed by atoms with Crippen molar-refractivity contribution in [2.75, 3.05) is 6.54 Å². The van der Waals surface area contributed by atoms with Gasteiger partial charge in [0, 0.05) is 0 Å². The summed E-state index contributed by atoms with van der Waals surface area (Å²) in [4.78, 5) is 0. The van der Waals surface area contributed by atoms with E-state index in [1.165, 1.54) is 25.3 Å². The lowest BCUT2D eigenvalue weighted by molar-refractivity contribution is 0.147. The molecule has 2 rings (SSSR count). The topological polar surface area (TPSA) is 35.2 Å². The van der Waals surface area contributed by atoms with Crippen LogP contribution in [0.25, 0.3) is 0 Å². The van der Waals surface area contributed by atoms with E-state index in [0.29, 0.717) is 18.7 Å². The van der Waals surface area contributed by atoms with E-state index in [0.717, 1.165) is 18.4 Å². The van der Waals surface area contributed by atoms with Crippen LogP contribution in [0.2, 0.25) is 0 Å². The van der Waals surface area contributed by atoms with Gasteiger partial charge in [0.15, 0.2) is 11.6 Å². The van der Waals surface area contributed by atoms with E-state index < -0.39 is 0 Å². The molecular weight excluding hydrogens is 217 g/mol. The SMILES string of the molecule is NCCc1cccc(F)c1OC1CCCCC1. The molecule has 0 unspecified atom stereocenters. The molecule has 0 aliphatic heterocycles. The third-order valence-electron chi connectivity index (χ3n) is 3.30. The molecule has 1 aliphatic carbocycles. The Kier molecular flexibility index (Phi) is 4.37. The fourth-order valence-corrected chi connectivity index (χ4v) is 2.39. The Morgan fingerprint density at radius 2 is 2.00 bits per heavy atom.